The van der Waals surface area contributed by atoms with Gasteiger partial charge in [0, 0.05) is 38.3 Å². The van der Waals surface area contributed by atoms with Gasteiger partial charge in [-0.25, -0.2) is 4.39 Å². The average molecular weight is 309 g/mol. The molecule has 4 nitrogen and oxygen atoms in total. The Bertz CT molecular complexity index is 549. The van der Waals surface area contributed by atoms with Crippen molar-refractivity contribution in [2.24, 2.45) is 5.92 Å². The molecule has 1 aromatic rings. The van der Waals surface area contributed by atoms with Crippen LogP contribution in [0.15, 0.2) is 18.2 Å². The van der Waals surface area contributed by atoms with Gasteiger partial charge in [-0.15, -0.1) is 0 Å². The molecule has 22 heavy (non-hydrogen) atoms. The molecule has 1 N–H and O–H groups in total. The lowest BCUT2D eigenvalue weighted by Gasteiger charge is -2.43. The molecule has 1 fully saturated rings. The first-order valence-corrected chi connectivity index (χ1v) is 7.64. The molecule has 0 aromatic heterocycles. The van der Waals surface area contributed by atoms with Gasteiger partial charge in [-0.05, 0) is 43.5 Å². The molecule has 1 saturated heterocycles. The summed E-state index contributed by atoms with van der Waals surface area (Å²) in [6.45, 7) is 5.19. The van der Waals surface area contributed by atoms with Gasteiger partial charge >= 0.3 is 0 Å². The second-order valence-corrected chi connectivity index (χ2v) is 6.21. The largest absolute Gasteiger partial charge is 0.389 e. The SMILES string of the molecule is COCC[C@]1(O)CCN(C(=O)c2ccc(F)cc2C)C[C@H]1C. The minimum atomic E-state index is -0.787. The number of piperidine rings is 1. The molecule has 0 saturated carbocycles. The van der Waals surface area contributed by atoms with Crippen LogP contribution < -0.4 is 0 Å². The predicted molar refractivity (Wildman–Crippen MR) is 82.3 cm³/mol. The third-order valence-corrected chi connectivity index (χ3v) is 4.67. The standard InChI is InChI=1S/C17H24FNO3/c1-12-10-14(18)4-5-15(12)16(20)19-8-6-17(21,7-9-22-3)13(2)11-19/h4-5,10,13,21H,6-9,11H2,1-3H3/t13-,17-/m1/s1. The maximum absolute atomic E-state index is 13.2. The summed E-state index contributed by atoms with van der Waals surface area (Å²) in [7, 11) is 1.62. The summed E-state index contributed by atoms with van der Waals surface area (Å²) in [5, 5.41) is 10.7. The van der Waals surface area contributed by atoms with Crippen LogP contribution in [0.2, 0.25) is 0 Å². The van der Waals surface area contributed by atoms with E-state index in [-0.39, 0.29) is 17.6 Å². The first-order chi connectivity index (χ1) is 10.4. The van der Waals surface area contributed by atoms with E-state index in [1.807, 2.05) is 6.92 Å². The molecule has 1 aliphatic rings. The number of likely N-dealkylation sites (tertiary alicyclic amines) is 1. The smallest absolute Gasteiger partial charge is 0.254 e. The highest BCUT2D eigenvalue weighted by Gasteiger charge is 2.39. The van der Waals surface area contributed by atoms with Crippen LogP contribution in [0.5, 0.6) is 0 Å². The normalized spacial score (nSPS) is 25.3. The summed E-state index contributed by atoms with van der Waals surface area (Å²) >= 11 is 0. The zero-order valence-electron chi connectivity index (χ0n) is 13.4. The van der Waals surface area contributed by atoms with E-state index in [4.69, 9.17) is 4.74 Å². The fourth-order valence-electron chi connectivity index (χ4n) is 3.04. The number of ether oxygens (including phenoxy) is 1. The molecular formula is C17H24FNO3. The molecular weight excluding hydrogens is 285 g/mol. The number of hydrogen-bond donors (Lipinski definition) is 1. The highest BCUT2D eigenvalue weighted by Crippen LogP contribution is 2.31. The van der Waals surface area contributed by atoms with Gasteiger partial charge in [-0.1, -0.05) is 6.92 Å². The lowest BCUT2D eigenvalue weighted by Crippen LogP contribution is -2.53. The Labute approximate surface area is 130 Å². The Kier molecular flexibility index (Phi) is 5.19. The number of methoxy groups -OCH3 is 1. The molecule has 1 aliphatic heterocycles. The number of carbonyl (C=O) groups excluding carboxylic acids is 1. The van der Waals surface area contributed by atoms with Crippen molar-refractivity contribution in [3.8, 4) is 0 Å². The fourth-order valence-corrected chi connectivity index (χ4v) is 3.04. The summed E-state index contributed by atoms with van der Waals surface area (Å²) in [5.74, 6) is -0.464. The molecule has 122 valence electrons. The quantitative estimate of drug-likeness (QED) is 0.929. The monoisotopic (exact) mass is 309 g/mol. The van der Waals surface area contributed by atoms with E-state index in [1.165, 1.54) is 18.2 Å². The maximum Gasteiger partial charge on any atom is 0.254 e. The molecule has 0 radical (unpaired) electrons. The minimum absolute atomic E-state index is 0.0268. The van der Waals surface area contributed by atoms with Crippen molar-refractivity contribution in [3.63, 3.8) is 0 Å². The van der Waals surface area contributed by atoms with Crippen LogP contribution in [0.25, 0.3) is 0 Å². The Morgan fingerprint density at radius 3 is 2.86 bits per heavy atom. The predicted octanol–water partition coefficient (Wildman–Crippen LogP) is 2.38. The minimum Gasteiger partial charge on any atom is -0.389 e. The molecule has 5 heteroatoms. The number of hydrogen-bond acceptors (Lipinski definition) is 3. The number of benzene rings is 1. The van der Waals surface area contributed by atoms with Crippen LogP contribution in [0.4, 0.5) is 4.39 Å². The zero-order valence-corrected chi connectivity index (χ0v) is 13.4. The van der Waals surface area contributed by atoms with Crippen LogP contribution in [0.1, 0.15) is 35.7 Å². The summed E-state index contributed by atoms with van der Waals surface area (Å²) in [4.78, 5) is 14.3. The van der Waals surface area contributed by atoms with Crippen molar-refractivity contribution < 1.29 is 19.0 Å². The number of carbonyl (C=O) groups is 1. The van der Waals surface area contributed by atoms with Crippen molar-refractivity contribution in [2.45, 2.75) is 32.3 Å². The van der Waals surface area contributed by atoms with Gasteiger partial charge < -0.3 is 14.7 Å². The lowest BCUT2D eigenvalue weighted by atomic mass is 9.79. The summed E-state index contributed by atoms with van der Waals surface area (Å²) < 4.78 is 18.2. The van der Waals surface area contributed by atoms with Gasteiger partial charge in [-0.3, -0.25) is 4.79 Å². The van der Waals surface area contributed by atoms with Crippen molar-refractivity contribution >= 4 is 5.91 Å². The molecule has 1 amide bonds. The Balaban J connectivity index is 2.08. The second-order valence-electron chi connectivity index (χ2n) is 6.21. The van der Waals surface area contributed by atoms with Gasteiger partial charge in [0.25, 0.3) is 5.91 Å². The van der Waals surface area contributed by atoms with Crippen molar-refractivity contribution in [1.29, 1.82) is 0 Å². The van der Waals surface area contributed by atoms with Gasteiger partial charge in [0.2, 0.25) is 0 Å². The number of amides is 1. The topological polar surface area (TPSA) is 49.8 Å². The number of rotatable bonds is 4. The van der Waals surface area contributed by atoms with E-state index in [1.54, 1.807) is 18.9 Å². The number of aliphatic hydroxyl groups is 1. The van der Waals surface area contributed by atoms with Gasteiger partial charge in [0.15, 0.2) is 0 Å². The van der Waals surface area contributed by atoms with Crippen LogP contribution in [-0.4, -0.2) is 48.3 Å². The summed E-state index contributed by atoms with van der Waals surface area (Å²) in [6.07, 6.45) is 1.10. The van der Waals surface area contributed by atoms with Crippen molar-refractivity contribution in [3.05, 3.63) is 35.1 Å². The molecule has 1 heterocycles. The number of aryl methyl sites for hydroxylation is 1. The summed E-state index contributed by atoms with van der Waals surface area (Å²) in [6, 6.07) is 4.21. The maximum atomic E-state index is 13.2. The van der Waals surface area contributed by atoms with Crippen molar-refractivity contribution in [2.75, 3.05) is 26.8 Å². The average Bonchev–Trinajstić information content (AvgIpc) is 2.47. The van der Waals surface area contributed by atoms with E-state index in [9.17, 15) is 14.3 Å². The Morgan fingerprint density at radius 2 is 2.27 bits per heavy atom. The number of halogens is 1. The number of nitrogens with zero attached hydrogens (tertiary/aromatic N) is 1. The van der Waals surface area contributed by atoms with E-state index >= 15 is 0 Å². The first-order valence-electron chi connectivity index (χ1n) is 7.64. The van der Waals surface area contributed by atoms with Crippen LogP contribution in [-0.2, 0) is 4.74 Å². The molecule has 0 bridgehead atoms. The van der Waals surface area contributed by atoms with E-state index in [2.05, 4.69) is 0 Å². The molecule has 2 atom stereocenters. The Morgan fingerprint density at radius 1 is 1.55 bits per heavy atom. The lowest BCUT2D eigenvalue weighted by molar-refractivity contribution is -0.0750. The third kappa shape index (κ3) is 3.47. The van der Waals surface area contributed by atoms with E-state index in [0.717, 1.165) is 0 Å². The zero-order chi connectivity index (χ0) is 16.3. The highest BCUT2D eigenvalue weighted by molar-refractivity contribution is 5.95. The van der Waals surface area contributed by atoms with Crippen LogP contribution in [0, 0.1) is 18.7 Å². The molecule has 0 unspecified atom stereocenters. The molecule has 0 spiro atoms. The van der Waals surface area contributed by atoms with Crippen molar-refractivity contribution in [1.82, 2.24) is 4.90 Å². The molecule has 1 aromatic carbocycles. The summed E-state index contributed by atoms with van der Waals surface area (Å²) in [5.41, 5.74) is 0.374. The van der Waals surface area contributed by atoms with Gasteiger partial charge in [0.1, 0.15) is 5.82 Å². The van der Waals surface area contributed by atoms with Crippen LogP contribution in [0.3, 0.4) is 0 Å². The Hall–Kier alpha value is -1.46. The van der Waals surface area contributed by atoms with E-state index in [0.29, 0.717) is 43.7 Å². The second kappa shape index (κ2) is 6.75. The highest BCUT2D eigenvalue weighted by atomic mass is 19.1. The third-order valence-electron chi connectivity index (χ3n) is 4.67. The van der Waals surface area contributed by atoms with Crippen LogP contribution >= 0.6 is 0 Å². The molecule has 0 aliphatic carbocycles. The van der Waals surface area contributed by atoms with Gasteiger partial charge in [-0.2, -0.15) is 0 Å². The van der Waals surface area contributed by atoms with E-state index < -0.39 is 5.60 Å². The van der Waals surface area contributed by atoms with Gasteiger partial charge in [0.05, 0.1) is 5.60 Å². The fraction of sp³-hybridized carbons (Fsp3) is 0.588. The molecule has 2 rings (SSSR count). The first kappa shape index (κ1) is 16.9.